The van der Waals surface area contributed by atoms with E-state index >= 15 is 0 Å². The Morgan fingerprint density at radius 1 is 1.18 bits per heavy atom. The van der Waals surface area contributed by atoms with Crippen LogP contribution in [-0.2, 0) is 0 Å². The Morgan fingerprint density at radius 2 is 1.88 bits per heavy atom. The fourth-order valence-corrected chi connectivity index (χ4v) is 2.89. The van der Waals surface area contributed by atoms with Crippen molar-refractivity contribution >= 4 is 0 Å². The van der Waals surface area contributed by atoms with Gasteiger partial charge in [-0.3, -0.25) is 4.90 Å². The molecule has 1 aliphatic rings. The van der Waals surface area contributed by atoms with Crippen molar-refractivity contribution < 1.29 is 0 Å². The lowest BCUT2D eigenvalue weighted by Gasteiger charge is -2.45. The van der Waals surface area contributed by atoms with Crippen molar-refractivity contribution in [1.82, 2.24) is 15.1 Å². The van der Waals surface area contributed by atoms with Crippen molar-refractivity contribution in [3.05, 3.63) is 0 Å². The SMILES string of the molecule is CCNC(C)C(C)(CC)N1CCCN(C)CC1. The number of hydrogen-bond donors (Lipinski definition) is 1. The molecule has 1 saturated heterocycles. The van der Waals surface area contributed by atoms with Crippen LogP contribution >= 0.6 is 0 Å². The third-order valence-electron chi connectivity index (χ3n) is 4.60. The summed E-state index contributed by atoms with van der Waals surface area (Å²) in [5, 5.41) is 3.61. The first kappa shape index (κ1) is 14.9. The molecule has 0 amide bonds. The molecule has 0 aliphatic carbocycles. The van der Waals surface area contributed by atoms with E-state index in [4.69, 9.17) is 0 Å². The van der Waals surface area contributed by atoms with Gasteiger partial charge in [-0.1, -0.05) is 13.8 Å². The zero-order valence-corrected chi connectivity index (χ0v) is 12.4. The topological polar surface area (TPSA) is 18.5 Å². The Bertz CT molecular complexity index is 220. The average Bonchev–Trinajstić information content (AvgIpc) is 2.53. The number of rotatable bonds is 5. The van der Waals surface area contributed by atoms with Crippen LogP contribution in [0, 0.1) is 0 Å². The zero-order valence-electron chi connectivity index (χ0n) is 12.4. The maximum absolute atomic E-state index is 3.61. The van der Waals surface area contributed by atoms with Crippen LogP contribution in [0.25, 0.3) is 0 Å². The molecule has 1 fully saturated rings. The Morgan fingerprint density at radius 3 is 2.47 bits per heavy atom. The van der Waals surface area contributed by atoms with Gasteiger partial charge >= 0.3 is 0 Å². The quantitative estimate of drug-likeness (QED) is 0.792. The average molecular weight is 241 g/mol. The summed E-state index contributed by atoms with van der Waals surface area (Å²) < 4.78 is 0. The van der Waals surface area contributed by atoms with E-state index in [9.17, 15) is 0 Å². The van der Waals surface area contributed by atoms with Gasteiger partial charge < -0.3 is 10.2 Å². The highest BCUT2D eigenvalue weighted by Gasteiger charge is 2.35. The highest BCUT2D eigenvalue weighted by atomic mass is 15.3. The summed E-state index contributed by atoms with van der Waals surface area (Å²) in [6.45, 7) is 15.2. The Hall–Kier alpha value is -0.120. The summed E-state index contributed by atoms with van der Waals surface area (Å²) in [4.78, 5) is 5.15. The van der Waals surface area contributed by atoms with Gasteiger partial charge in [0.05, 0.1) is 0 Å². The van der Waals surface area contributed by atoms with Crippen molar-refractivity contribution in [2.45, 2.75) is 52.1 Å². The van der Waals surface area contributed by atoms with Gasteiger partial charge in [0.2, 0.25) is 0 Å². The van der Waals surface area contributed by atoms with Gasteiger partial charge in [-0.15, -0.1) is 0 Å². The monoisotopic (exact) mass is 241 g/mol. The molecule has 2 atom stereocenters. The number of hydrogen-bond acceptors (Lipinski definition) is 3. The van der Waals surface area contributed by atoms with E-state index in [-0.39, 0.29) is 0 Å². The van der Waals surface area contributed by atoms with Crippen LogP contribution in [0.15, 0.2) is 0 Å². The molecule has 3 heteroatoms. The van der Waals surface area contributed by atoms with Crippen molar-refractivity contribution in [2.75, 3.05) is 39.8 Å². The summed E-state index contributed by atoms with van der Waals surface area (Å²) in [5.74, 6) is 0. The van der Waals surface area contributed by atoms with Crippen LogP contribution in [0.3, 0.4) is 0 Å². The van der Waals surface area contributed by atoms with Crippen LogP contribution in [0.4, 0.5) is 0 Å². The van der Waals surface area contributed by atoms with Gasteiger partial charge in [0, 0.05) is 31.2 Å². The second-order valence-electron chi connectivity index (χ2n) is 5.63. The first-order chi connectivity index (χ1) is 8.04. The molecule has 0 saturated carbocycles. The van der Waals surface area contributed by atoms with E-state index in [0.29, 0.717) is 11.6 Å². The molecule has 0 radical (unpaired) electrons. The van der Waals surface area contributed by atoms with E-state index < -0.39 is 0 Å². The molecule has 3 nitrogen and oxygen atoms in total. The second-order valence-corrected chi connectivity index (χ2v) is 5.63. The van der Waals surface area contributed by atoms with E-state index in [1.54, 1.807) is 0 Å². The minimum atomic E-state index is 0.293. The molecule has 0 aromatic carbocycles. The third kappa shape index (κ3) is 3.67. The summed E-state index contributed by atoms with van der Waals surface area (Å²) in [5.41, 5.74) is 0.293. The van der Waals surface area contributed by atoms with Crippen LogP contribution in [-0.4, -0.2) is 61.2 Å². The molecule has 1 heterocycles. The van der Waals surface area contributed by atoms with Crippen molar-refractivity contribution in [3.8, 4) is 0 Å². The van der Waals surface area contributed by atoms with E-state index in [1.807, 2.05) is 0 Å². The third-order valence-corrected chi connectivity index (χ3v) is 4.60. The summed E-state index contributed by atoms with van der Waals surface area (Å²) in [6.07, 6.45) is 2.51. The lowest BCUT2D eigenvalue weighted by molar-refractivity contribution is 0.0708. The van der Waals surface area contributed by atoms with Crippen LogP contribution in [0.5, 0.6) is 0 Å². The minimum Gasteiger partial charge on any atom is -0.313 e. The molecule has 1 rings (SSSR count). The van der Waals surface area contributed by atoms with Crippen LogP contribution in [0.1, 0.15) is 40.5 Å². The zero-order chi connectivity index (χ0) is 12.9. The molecule has 0 aromatic heterocycles. The van der Waals surface area contributed by atoms with Crippen LogP contribution < -0.4 is 5.32 Å². The molecular formula is C14H31N3. The summed E-state index contributed by atoms with van der Waals surface area (Å²) >= 11 is 0. The summed E-state index contributed by atoms with van der Waals surface area (Å²) in [6, 6.07) is 0.556. The van der Waals surface area contributed by atoms with Gasteiger partial charge in [0.15, 0.2) is 0 Å². The first-order valence-corrected chi connectivity index (χ1v) is 7.21. The van der Waals surface area contributed by atoms with Crippen LogP contribution in [0.2, 0.25) is 0 Å². The summed E-state index contributed by atoms with van der Waals surface area (Å²) in [7, 11) is 2.24. The molecule has 17 heavy (non-hydrogen) atoms. The molecule has 0 bridgehead atoms. The first-order valence-electron chi connectivity index (χ1n) is 7.21. The Balaban J connectivity index is 2.70. The van der Waals surface area contributed by atoms with Crippen molar-refractivity contribution in [2.24, 2.45) is 0 Å². The second kappa shape index (κ2) is 6.72. The lowest BCUT2D eigenvalue weighted by Crippen LogP contribution is -2.58. The number of nitrogens with one attached hydrogen (secondary N) is 1. The Labute approximate surface area is 108 Å². The van der Waals surface area contributed by atoms with Crippen molar-refractivity contribution in [3.63, 3.8) is 0 Å². The molecule has 102 valence electrons. The van der Waals surface area contributed by atoms with Gasteiger partial charge in [-0.05, 0) is 46.8 Å². The smallest absolute Gasteiger partial charge is 0.0329 e. The molecule has 0 aromatic rings. The van der Waals surface area contributed by atoms with Gasteiger partial charge in [-0.2, -0.15) is 0 Å². The number of nitrogens with zero attached hydrogens (tertiary/aromatic N) is 2. The predicted molar refractivity (Wildman–Crippen MR) is 75.5 cm³/mol. The Kier molecular flexibility index (Phi) is 5.90. The highest BCUT2D eigenvalue weighted by Crippen LogP contribution is 2.25. The van der Waals surface area contributed by atoms with E-state index in [1.165, 1.54) is 39.0 Å². The molecule has 0 spiro atoms. The van der Waals surface area contributed by atoms with Gasteiger partial charge in [0.1, 0.15) is 0 Å². The maximum atomic E-state index is 3.61. The molecule has 1 N–H and O–H groups in total. The standard InChI is InChI=1S/C14H31N3/c1-6-14(4,13(3)15-7-2)17-10-8-9-16(5)11-12-17/h13,15H,6-12H2,1-5H3. The predicted octanol–water partition coefficient (Wildman–Crippen LogP) is 1.79. The largest absolute Gasteiger partial charge is 0.313 e. The van der Waals surface area contributed by atoms with Gasteiger partial charge in [-0.25, -0.2) is 0 Å². The maximum Gasteiger partial charge on any atom is 0.0329 e. The van der Waals surface area contributed by atoms with Gasteiger partial charge in [0.25, 0.3) is 0 Å². The molecule has 2 unspecified atom stereocenters. The van der Waals surface area contributed by atoms with E-state index in [2.05, 4.69) is 49.9 Å². The van der Waals surface area contributed by atoms with E-state index in [0.717, 1.165) is 6.54 Å². The molecule has 1 aliphatic heterocycles. The minimum absolute atomic E-state index is 0.293. The fourth-order valence-electron chi connectivity index (χ4n) is 2.89. The van der Waals surface area contributed by atoms with Crippen molar-refractivity contribution in [1.29, 1.82) is 0 Å². The highest BCUT2D eigenvalue weighted by molar-refractivity contribution is 4.94. The fraction of sp³-hybridized carbons (Fsp3) is 1.00. The lowest BCUT2D eigenvalue weighted by atomic mass is 9.88. The normalized spacial score (nSPS) is 25.2. The number of likely N-dealkylation sites (N-methyl/N-ethyl adjacent to an activating group) is 2. The molecular weight excluding hydrogens is 210 g/mol.